The first kappa shape index (κ1) is 24.5. The normalized spacial score (nSPS) is 10.5. The van der Waals surface area contributed by atoms with Crippen molar-refractivity contribution in [2.45, 2.75) is 13.5 Å². The molecule has 0 aliphatic heterocycles. The van der Waals surface area contributed by atoms with Gasteiger partial charge in [0.1, 0.15) is 12.4 Å². The van der Waals surface area contributed by atoms with Crippen LogP contribution < -0.4 is 10.1 Å². The van der Waals surface area contributed by atoms with E-state index in [0.29, 0.717) is 22.9 Å². The number of benzene rings is 2. The fraction of sp³-hybridized carbons (Fsp3) is 0.136. The number of pyridine rings is 1. The Bertz CT molecular complexity index is 1130. The molecule has 1 N–H and O–H groups in total. The quantitative estimate of drug-likeness (QED) is 0.309. The average Bonchev–Trinajstić information content (AvgIpc) is 2.73. The smallest absolute Gasteiger partial charge is 0.338 e. The molecule has 0 spiro atoms. The molecule has 3 aromatic rings. The van der Waals surface area contributed by atoms with Crippen molar-refractivity contribution >= 4 is 72.8 Å². The highest BCUT2D eigenvalue weighted by Gasteiger charge is 2.13. The van der Waals surface area contributed by atoms with Crippen LogP contribution in [0.2, 0.25) is 10.0 Å². The summed E-state index contributed by atoms with van der Waals surface area (Å²) in [5.41, 5.74) is 2.27. The number of esters is 1. The van der Waals surface area contributed by atoms with Gasteiger partial charge in [0.2, 0.25) is 0 Å². The second kappa shape index (κ2) is 11.1. The number of nitrogens with one attached hydrogen (secondary N) is 1. The summed E-state index contributed by atoms with van der Waals surface area (Å²) < 4.78 is 12.6. The molecule has 6 nitrogen and oxygen atoms in total. The largest absolute Gasteiger partial charge is 0.487 e. The highest BCUT2D eigenvalue weighted by Crippen LogP contribution is 2.35. The molecule has 0 fully saturated rings. The molecule has 1 aromatic heterocycles. The number of ether oxygens (including phenoxy) is 2. The zero-order chi connectivity index (χ0) is 23.3. The monoisotopic (exact) mass is 600 g/mol. The van der Waals surface area contributed by atoms with Crippen LogP contribution in [0.25, 0.3) is 0 Å². The summed E-state index contributed by atoms with van der Waals surface area (Å²) in [6.07, 6.45) is 1.34. The summed E-state index contributed by atoms with van der Waals surface area (Å²) in [7, 11) is 0. The van der Waals surface area contributed by atoms with Crippen LogP contribution in [-0.2, 0) is 16.1 Å². The van der Waals surface area contributed by atoms with Crippen LogP contribution in [0.4, 0.5) is 5.82 Å². The van der Waals surface area contributed by atoms with Crippen molar-refractivity contribution in [2.75, 3.05) is 11.9 Å². The summed E-state index contributed by atoms with van der Waals surface area (Å²) in [5, 5.41) is 2.98. The van der Waals surface area contributed by atoms with Crippen molar-refractivity contribution in [3.05, 3.63) is 84.3 Å². The molecule has 0 atom stereocenters. The number of anilines is 1. The zero-order valence-corrected chi connectivity index (χ0v) is 21.3. The van der Waals surface area contributed by atoms with Crippen molar-refractivity contribution in [2.24, 2.45) is 0 Å². The second-order valence-corrected chi connectivity index (χ2v) is 9.20. The standard InChI is InChI=1S/C22H16Br2Cl2N2O4/c1-12-6-16(23)20(17(24)7-12)31-10-13-2-4-14(5-3-13)22(30)32-11-19(29)28-21-18(26)8-15(25)9-27-21/h2-9H,10-11H2,1H3,(H,27,28,29). The summed E-state index contributed by atoms with van der Waals surface area (Å²) >= 11 is 18.7. The lowest BCUT2D eigenvalue weighted by Gasteiger charge is -2.12. The Morgan fingerprint density at radius 1 is 1.06 bits per heavy atom. The molecule has 2 aromatic carbocycles. The Morgan fingerprint density at radius 2 is 1.72 bits per heavy atom. The number of hydrogen-bond acceptors (Lipinski definition) is 5. The van der Waals surface area contributed by atoms with E-state index in [1.807, 2.05) is 19.1 Å². The van der Waals surface area contributed by atoms with Gasteiger partial charge in [0.25, 0.3) is 5.91 Å². The molecule has 0 saturated heterocycles. The van der Waals surface area contributed by atoms with Gasteiger partial charge in [0, 0.05) is 6.20 Å². The first-order chi connectivity index (χ1) is 15.2. The van der Waals surface area contributed by atoms with E-state index in [0.717, 1.165) is 20.1 Å². The van der Waals surface area contributed by atoms with Crippen LogP contribution in [0.15, 0.2) is 57.6 Å². The third-order valence-electron chi connectivity index (χ3n) is 4.12. The SMILES string of the molecule is Cc1cc(Br)c(OCc2ccc(C(=O)OCC(=O)Nc3ncc(Cl)cc3Cl)cc2)c(Br)c1. The minimum absolute atomic E-state index is 0.133. The number of amides is 1. The van der Waals surface area contributed by atoms with Gasteiger partial charge in [-0.2, -0.15) is 0 Å². The van der Waals surface area contributed by atoms with Gasteiger partial charge in [-0.25, -0.2) is 9.78 Å². The molecule has 0 unspecified atom stereocenters. The van der Waals surface area contributed by atoms with E-state index in [1.165, 1.54) is 12.3 Å². The van der Waals surface area contributed by atoms with Crippen molar-refractivity contribution in [1.29, 1.82) is 0 Å². The van der Waals surface area contributed by atoms with Crippen LogP contribution in [0, 0.1) is 6.92 Å². The molecule has 0 saturated carbocycles. The van der Waals surface area contributed by atoms with E-state index >= 15 is 0 Å². The van der Waals surface area contributed by atoms with E-state index in [4.69, 9.17) is 32.7 Å². The van der Waals surface area contributed by atoms with E-state index in [-0.39, 0.29) is 10.8 Å². The topological polar surface area (TPSA) is 77.5 Å². The Hall–Kier alpha value is -2.13. The van der Waals surface area contributed by atoms with Crippen molar-refractivity contribution in [3.63, 3.8) is 0 Å². The fourth-order valence-electron chi connectivity index (χ4n) is 2.61. The molecule has 0 bridgehead atoms. The maximum Gasteiger partial charge on any atom is 0.338 e. The van der Waals surface area contributed by atoms with Crippen LogP contribution in [0.5, 0.6) is 5.75 Å². The highest BCUT2D eigenvalue weighted by molar-refractivity contribution is 9.11. The minimum Gasteiger partial charge on any atom is -0.487 e. The maximum atomic E-state index is 12.2. The lowest BCUT2D eigenvalue weighted by atomic mass is 10.1. The lowest BCUT2D eigenvalue weighted by Crippen LogP contribution is -2.21. The van der Waals surface area contributed by atoms with Crippen molar-refractivity contribution < 1.29 is 19.1 Å². The molecule has 1 amide bonds. The van der Waals surface area contributed by atoms with Crippen molar-refractivity contribution in [3.8, 4) is 5.75 Å². The number of rotatable bonds is 7. The number of carbonyl (C=O) groups excluding carboxylic acids is 2. The Balaban J connectivity index is 1.52. The van der Waals surface area contributed by atoms with Gasteiger partial charge in [-0.15, -0.1) is 0 Å². The molecule has 10 heteroatoms. The van der Waals surface area contributed by atoms with Gasteiger partial charge in [0.05, 0.1) is 24.6 Å². The van der Waals surface area contributed by atoms with Crippen LogP contribution in [0.3, 0.4) is 0 Å². The predicted molar refractivity (Wildman–Crippen MR) is 131 cm³/mol. The van der Waals surface area contributed by atoms with E-state index in [2.05, 4.69) is 42.2 Å². The number of aryl methyl sites for hydroxylation is 1. The Labute approximate surface area is 211 Å². The number of aromatic nitrogens is 1. The fourth-order valence-corrected chi connectivity index (χ4v) is 4.68. The highest BCUT2D eigenvalue weighted by atomic mass is 79.9. The maximum absolute atomic E-state index is 12.2. The molecule has 1 heterocycles. The summed E-state index contributed by atoms with van der Waals surface area (Å²) in [6, 6.07) is 12.1. The average molecular weight is 603 g/mol. The van der Waals surface area contributed by atoms with Gasteiger partial charge in [-0.1, -0.05) is 35.3 Å². The molecule has 0 aliphatic rings. The first-order valence-electron chi connectivity index (χ1n) is 9.18. The predicted octanol–water partition coefficient (Wildman–Crippen LogP) is 6.60. The van der Waals surface area contributed by atoms with Gasteiger partial charge >= 0.3 is 5.97 Å². The molecule has 0 aliphatic carbocycles. The molecular weight excluding hydrogens is 587 g/mol. The molecule has 3 rings (SSSR count). The molecule has 166 valence electrons. The van der Waals surface area contributed by atoms with E-state index < -0.39 is 18.5 Å². The van der Waals surface area contributed by atoms with Gasteiger partial charge in [0.15, 0.2) is 12.4 Å². The summed E-state index contributed by atoms with van der Waals surface area (Å²) in [4.78, 5) is 28.1. The lowest BCUT2D eigenvalue weighted by molar-refractivity contribution is -0.119. The Kier molecular flexibility index (Phi) is 8.53. The number of hydrogen-bond donors (Lipinski definition) is 1. The molecule has 0 radical (unpaired) electrons. The third-order valence-corrected chi connectivity index (χ3v) is 5.79. The summed E-state index contributed by atoms with van der Waals surface area (Å²) in [5.74, 6) is -0.380. The van der Waals surface area contributed by atoms with E-state index in [1.54, 1.807) is 24.3 Å². The summed E-state index contributed by atoms with van der Waals surface area (Å²) in [6.45, 7) is 1.82. The molecule has 32 heavy (non-hydrogen) atoms. The zero-order valence-electron chi connectivity index (χ0n) is 16.6. The Morgan fingerprint density at radius 3 is 2.34 bits per heavy atom. The van der Waals surface area contributed by atoms with Crippen molar-refractivity contribution in [1.82, 2.24) is 4.98 Å². The minimum atomic E-state index is -0.633. The van der Waals surface area contributed by atoms with Gasteiger partial charge in [-0.05, 0) is 80.2 Å². The third kappa shape index (κ3) is 6.68. The number of nitrogens with zero attached hydrogens (tertiary/aromatic N) is 1. The number of carbonyl (C=O) groups is 2. The van der Waals surface area contributed by atoms with E-state index in [9.17, 15) is 9.59 Å². The first-order valence-corrected chi connectivity index (χ1v) is 11.5. The molecular formula is C22H16Br2Cl2N2O4. The second-order valence-electron chi connectivity index (χ2n) is 6.65. The van der Waals surface area contributed by atoms with Crippen LogP contribution >= 0.6 is 55.1 Å². The van der Waals surface area contributed by atoms with Crippen LogP contribution in [0.1, 0.15) is 21.5 Å². The van der Waals surface area contributed by atoms with Gasteiger partial charge < -0.3 is 14.8 Å². The van der Waals surface area contributed by atoms with Crippen LogP contribution in [-0.4, -0.2) is 23.5 Å². The number of halogens is 4. The van der Waals surface area contributed by atoms with Gasteiger partial charge in [-0.3, -0.25) is 4.79 Å².